The molecule has 49 heavy (non-hydrogen) atoms. The third-order valence-corrected chi connectivity index (χ3v) is 7.65. The number of rotatable bonds is 9. The molecule has 18 heteroatoms. The molecule has 11 nitrogen and oxygen atoms in total. The Kier molecular flexibility index (Phi) is 10.1. The van der Waals surface area contributed by atoms with Gasteiger partial charge in [0.15, 0.2) is 11.6 Å². The number of ether oxygens (including phenoxy) is 1. The largest absolute Gasteiger partial charge is 0.471 e. The maximum atomic E-state index is 15.0. The first-order valence-corrected chi connectivity index (χ1v) is 14.6. The Labute approximate surface area is 274 Å². The highest BCUT2D eigenvalue weighted by Crippen LogP contribution is 2.48. The molecule has 260 valence electrons. The number of hydrogen-bond donors (Lipinski definition) is 1. The molecule has 1 atom stereocenters. The van der Waals surface area contributed by atoms with E-state index in [0.29, 0.717) is 10.5 Å². The van der Waals surface area contributed by atoms with Crippen molar-refractivity contribution in [2.75, 3.05) is 50.5 Å². The number of nitrogens with one attached hydrogen (secondary N) is 1. The van der Waals surface area contributed by atoms with Crippen molar-refractivity contribution < 1.29 is 49.5 Å². The molecular formula is C31H28F7N7O4. The smallest absolute Gasteiger partial charge is 0.454 e. The number of amides is 2. The van der Waals surface area contributed by atoms with E-state index >= 15 is 0 Å². The molecule has 0 saturated carbocycles. The number of halogens is 7. The molecule has 1 aliphatic heterocycles. The van der Waals surface area contributed by atoms with E-state index < -0.39 is 71.7 Å². The topological polar surface area (TPSA) is 117 Å². The van der Waals surface area contributed by atoms with Crippen LogP contribution in [-0.4, -0.2) is 89.3 Å². The monoisotopic (exact) mass is 695 g/mol. The number of benzene rings is 2. The molecule has 4 aromatic rings. The van der Waals surface area contributed by atoms with Gasteiger partial charge in [0.25, 0.3) is 0 Å². The van der Waals surface area contributed by atoms with Crippen LogP contribution in [0.1, 0.15) is 11.3 Å². The van der Waals surface area contributed by atoms with Crippen LogP contribution in [-0.2, 0) is 22.2 Å². The van der Waals surface area contributed by atoms with E-state index in [2.05, 4.69) is 20.5 Å². The number of oxazole rings is 1. The summed E-state index contributed by atoms with van der Waals surface area (Å²) >= 11 is 0. The standard InChI is InChI=1S/C31H28F7N7O4/c1-43-11-12-45(16-20(43)15-44(2)29(47)31(36,37)38)27-22(42-25(46)13-19-17-48-28(41-19)18-9-10-39-40-14-18)7-8-24(26(27)30(33,34)35)49-23-6-4-3-5-21(23)32/h3-10,14,17,20H,11-13,15-16H2,1-2H3,(H,42,46)/t20-/m0/s1. The fraction of sp³-hybridized carbons (Fsp3) is 0.323. The van der Waals surface area contributed by atoms with Gasteiger partial charge < -0.3 is 24.3 Å². The molecule has 1 fully saturated rings. The summed E-state index contributed by atoms with van der Waals surface area (Å²) in [4.78, 5) is 32.6. The van der Waals surface area contributed by atoms with Crippen LogP contribution in [0, 0.1) is 5.82 Å². The Bertz CT molecular complexity index is 1800. The molecule has 2 aromatic carbocycles. The van der Waals surface area contributed by atoms with E-state index in [9.17, 15) is 40.3 Å². The Hall–Kier alpha value is -5.26. The van der Waals surface area contributed by atoms with E-state index in [0.717, 1.165) is 31.3 Å². The number of piperazine rings is 1. The van der Waals surface area contributed by atoms with Crippen molar-refractivity contribution in [2.24, 2.45) is 0 Å². The quantitative estimate of drug-likeness (QED) is 0.230. The highest BCUT2D eigenvalue weighted by atomic mass is 19.4. The number of hydrogen-bond acceptors (Lipinski definition) is 9. The summed E-state index contributed by atoms with van der Waals surface area (Å²) in [7, 11) is 2.51. The normalized spacial score (nSPS) is 15.6. The van der Waals surface area contributed by atoms with E-state index in [4.69, 9.17) is 9.15 Å². The maximum Gasteiger partial charge on any atom is 0.471 e. The van der Waals surface area contributed by atoms with E-state index in [1.807, 2.05) is 0 Å². The van der Waals surface area contributed by atoms with Crippen molar-refractivity contribution in [1.29, 1.82) is 0 Å². The minimum Gasteiger partial charge on any atom is -0.454 e. The minimum atomic E-state index is -5.15. The molecular weight excluding hydrogens is 667 g/mol. The molecule has 0 radical (unpaired) electrons. The number of carbonyl (C=O) groups excluding carboxylic acids is 2. The van der Waals surface area contributed by atoms with Gasteiger partial charge >= 0.3 is 18.3 Å². The first kappa shape index (κ1) is 35.1. The third-order valence-electron chi connectivity index (χ3n) is 7.65. The van der Waals surface area contributed by atoms with Crippen molar-refractivity contribution in [1.82, 2.24) is 25.0 Å². The van der Waals surface area contributed by atoms with Crippen molar-refractivity contribution >= 4 is 23.2 Å². The Morgan fingerprint density at radius 2 is 1.80 bits per heavy atom. The lowest BCUT2D eigenvalue weighted by Crippen LogP contribution is -2.57. The molecule has 0 bridgehead atoms. The van der Waals surface area contributed by atoms with E-state index in [1.54, 1.807) is 18.0 Å². The van der Waals surface area contributed by atoms with Crippen LogP contribution < -0.4 is 15.0 Å². The van der Waals surface area contributed by atoms with Gasteiger partial charge in [-0.25, -0.2) is 9.37 Å². The van der Waals surface area contributed by atoms with Crippen LogP contribution in [0.3, 0.4) is 0 Å². The van der Waals surface area contributed by atoms with Crippen LogP contribution in [0.25, 0.3) is 11.5 Å². The zero-order valence-corrected chi connectivity index (χ0v) is 25.8. The average molecular weight is 696 g/mol. The fourth-order valence-corrected chi connectivity index (χ4v) is 5.27. The summed E-state index contributed by atoms with van der Waals surface area (Å²) in [6.45, 7) is -0.742. The average Bonchev–Trinajstić information content (AvgIpc) is 3.51. The van der Waals surface area contributed by atoms with E-state index in [-0.39, 0.29) is 36.9 Å². The molecule has 2 aromatic heterocycles. The summed E-state index contributed by atoms with van der Waals surface area (Å²) in [6, 6.07) is 7.63. The highest BCUT2D eigenvalue weighted by molar-refractivity contribution is 5.96. The molecule has 1 N–H and O–H groups in total. The van der Waals surface area contributed by atoms with E-state index in [1.165, 1.54) is 35.7 Å². The van der Waals surface area contributed by atoms with Crippen molar-refractivity contribution in [3.63, 3.8) is 0 Å². The SMILES string of the molecule is CN(C[C@H]1CN(c2c(NC(=O)Cc3coc(-c4ccnnc4)n3)ccc(Oc3ccccc3F)c2C(F)(F)F)CCN1C)C(=O)C(F)(F)F. The maximum absolute atomic E-state index is 15.0. The molecule has 1 aliphatic rings. The Morgan fingerprint density at radius 3 is 2.47 bits per heavy atom. The van der Waals surface area contributed by atoms with Crippen molar-refractivity contribution in [3.05, 3.63) is 78.2 Å². The van der Waals surface area contributed by atoms with Crippen LogP contribution >= 0.6 is 0 Å². The van der Waals surface area contributed by atoms with Gasteiger partial charge in [0.2, 0.25) is 11.8 Å². The summed E-state index contributed by atoms with van der Waals surface area (Å²) in [5.41, 5.74) is -1.59. The van der Waals surface area contributed by atoms with Gasteiger partial charge in [0, 0.05) is 39.3 Å². The second-order valence-corrected chi connectivity index (χ2v) is 11.1. The molecule has 0 spiro atoms. The van der Waals surface area contributed by atoms with Gasteiger partial charge in [-0.15, -0.1) is 0 Å². The highest BCUT2D eigenvalue weighted by Gasteiger charge is 2.44. The van der Waals surface area contributed by atoms with Gasteiger partial charge in [-0.05, 0) is 37.4 Å². The van der Waals surface area contributed by atoms with Crippen LogP contribution in [0.5, 0.6) is 11.5 Å². The van der Waals surface area contributed by atoms with Crippen LogP contribution in [0.4, 0.5) is 42.1 Å². The third kappa shape index (κ3) is 8.25. The number of nitrogens with zero attached hydrogens (tertiary/aromatic N) is 6. The Morgan fingerprint density at radius 1 is 1.04 bits per heavy atom. The first-order chi connectivity index (χ1) is 23.1. The number of anilines is 2. The summed E-state index contributed by atoms with van der Waals surface area (Å²) in [5.74, 6) is -4.96. The minimum absolute atomic E-state index is 0.0638. The molecule has 0 aliphatic carbocycles. The van der Waals surface area contributed by atoms with Gasteiger partial charge in [-0.2, -0.15) is 36.5 Å². The number of aromatic nitrogens is 3. The molecule has 2 amide bonds. The fourth-order valence-electron chi connectivity index (χ4n) is 5.27. The lowest BCUT2D eigenvalue weighted by Gasteiger charge is -2.43. The number of carbonyl (C=O) groups is 2. The lowest BCUT2D eigenvalue weighted by molar-refractivity contribution is -0.184. The zero-order chi connectivity index (χ0) is 35.5. The lowest BCUT2D eigenvalue weighted by atomic mass is 10.0. The van der Waals surface area contributed by atoms with Gasteiger partial charge in [0.05, 0.1) is 41.4 Å². The van der Waals surface area contributed by atoms with Crippen molar-refractivity contribution in [2.45, 2.75) is 24.8 Å². The first-order valence-electron chi connectivity index (χ1n) is 14.6. The molecule has 0 unspecified atom stereocenters. The molecule has 5 rings (SSSR count). The predicted octanol–water partition coefficient (Wildman–Crippen LogP) is 5.40. The van der Waals surface area contributed by atoms with Gasteiger partial charge in [-0.1, -0.05) is 12.1 Å². The Balaban J connectivity index is 1.51. The van der Waals surface area contributed by atoms with Crippen molar-refractivity contribution in [3.8, 4) is 23.0 Å². The molecule has 3 heterocycles. The summed E-state index contributed by atoms with van der Waals surface area (Å²) in [6.07, 6.45) is -6.70. The van der Waals surface area contributed by atoms with Crippen LogP contribution in [0.2, 0.25) is 0 Å². The zero-order valence-electron chi connectivity index (χ0n) is 25.8. The molecule has 1 saturated heterocycles. The second-order valence-electron chi connectivity index (χ2n) is 11.1. The number of alkyl halides is 6. The van der Waals surface area contributed by atoms with Gasteiger partial charge in [0.1, 0.15) is 17.6 Å². The summed E-state index contributed by atoms with van der Waals surface area (Å²) in [5, 5.41) is 9.86. The summed E-state index contributed by atoms with van der Waals surface area (Å²) < 4.78 is 110. The van der Waals surface area contributed by atoms with Crippen LogP contribution in [0.15, 0.2) is 65.5 Å². The van der Waals surface area contributed by atoms with Gasteiger partial charge in [-0.3, -0.25) is 14.5 Å². The number of likely N-dealkylation sites (N-methyl/N-ethyl adjacent to an activating group) is 2. The second kappa shape index (κ2) is 14.1. The predicted molar refractivity (Wildman–Crippen MR) is 160 cm³/mol. The number of para-hydroxylation sites is 1.